The molecule has 0 aromatic heterocycles. The molecule has 1 aliphatic heterocycles. The zero-order valence-electron chi connectivity index (χ0n) is 14.9. The van der Waals surface area contributed by atoms with E-state index in [1.165, 1.54) is 11.1 Å². The Morgan fingerprint density at radius 2 is 2.04 bits per heavy atom. The second-order valence-electron chi connectivity index (χ2n) is 6.95. The van der Waals surface area contributed by atoms with E-state index in [0.29, 0.717) is 18.7 Å². The minimum atomic E-state index is -0.105. The first kappa shape index (κ1) is 16.6. The Bertz CT molecular complexity index is 862. The number of carbonyl (C=O) groups excluding carboxylic acids is 2. The van der Waals surface area contributed by atoms with E-state index in [1.807, 2.05) is 31.2 Å². The molecule has 2 aromatic carbocycles. The van der Waals surface area contributed by atoms with Gasteiger partial charge in [0.05, 0.1) is 6.04 Å². The van der Waals surface area contributed by atoms with Gasteiger partial charge in [-0.05, 0) is 55.0 Å². The van der Waals surface area contributed by atoms with Crippen molar-refractivity contribution in [2.24, 2.45) is 0 Å². The predicted molar refractivity (Wildman–Crippen MR) is 102 cm³/mol. The summed E-state index contributed by atoms with van der Waals surface area (Å²) in [5, 5.41) is 6.01. The van der Waals surface area contributed by atoms with Crippen molar-refractivity contribution in [1.82, 2.24) is 10.6 Å². The van der Waals surface area contributed by atoms with Gasteiger partial charge in [-0.2, -0.15) is 0 Å². The number of anilines is 1. The fraction of sp³-hybridized carbons (Fsp3) is 0.333. The van der Waals surface area contributed by atoms with E-state index in [0.717, 1.165) is 30.5 Å². The van der Waals surface area contributed by atoms with E-state index in [9.17, 15) is 9.59 Å². The summed E-state index contributed by atoms with van der Waals surface area (Å²) in [5.74, 6) is -0.0781. The van der Waals surface area contributed by atoms with E-state index in [1.54, 1.807) is 4.90 Å². The lowest BCUT2D eigenvalue weighted by Crippen LogP contribution is -2.32. The van der Waals surface area contributed by atoms with Crippen molar-refractivity contribution < 1.29 is 9.59 Å². The van der Waals surface area contributed by atoms with Crippen LogP contribution in [-0.4, -0.2) is 25.0 Å². The van der Waals surface area contributed by atoms with Crippen LogP contribution in [0.4, 0.5) is 10.5 Å². The fourth-order valence-corrected chi connectivity index (χ4v) is 4.00. The maximum absolute atomic E-state index is 13.0. The van der Waals surface area contributed by atoms with Gasteiger partial charge in [0.15, 0.2) is 0 Å². The van der Waals surface area contributed by atoms with Gasteiger partial charge in [-0.1, -0.05) is 30.3 Å². The topological polar surface area (TPSA) is 61.4 Å². The Labute approximate surface area is 153 Å². The van der Waals surface area contributed by atoms with Crippen LogP contribution in [0.1, 0.15) is 45.9 Å². The van der Waals surface area contributed by atoms with Gasteiger partial charge in [0.2, 0.25) is 0 Å². The normalized spacial score (nSPS) is 19.0. The third kappa shape index (κ3) is 2.94. The highest BCUT2D eigenvalue weighted by Gasteiger charge is 2.26. The van der Waals surface area contributed by atoms with Crippen LogP contribution in [0, 0.1) is 6.92 Å². The molecule has 134 valence electrons. The zero-order valence-corrected chi connectivity index (χ0v) is 14.9. The second-order valence-corrected chi connectivity index (χ2v) is 6.95. The van der Waals surface area contributed by atoms with E-state index >= 15 is 0 Å². The van der Waals surface area contributed by atoms with Crippen molar-refractivity contribution in [2.75, 3.05) is 18.0 Å². The molecule has 1 fully saturated rings. The summed E-state index contributed by atoms with van der Waals surface area (Å²) < 4.78 is 0. The monoisotopic (exact) mass is 349 g/mol. The van der Waals surface area contributed by atoms with E-state index < -0.39 is 0 Å². The molecule has 1 atom stereocenters. The molecule has 5 heteroatoms. The van der Waals surface area contributed by atoms with Crippen LogP contribution in [0.15, 0.2) is 42.5 Å². The molecule has 0 spiro atoms. The molecule has 5 nitrogen and oxygen atoms in total. The van der Waals surface area contributed by atoms with Gasteiger partial charge in [-0.25, -0.2) is 4.79 Å². The van der Waals surface area contributed by atoms with Gasteiger partial charge < -0.3 is 10.6 Å². The fourth-order valence-electron chi connectivity index (χ4n) is 4.00. The lowest BCUT2D eigenvalue weighted by molar-refractivity contribution is 0.0932. The first-order valence-corrected chi connectivity index (χ1v) is 9.19. The van der Waals surface area contributed by atoms with Crippen molar-refractivity contribution in [1.29, 1.82) is 0 Å². The zero-order chi connectivity index (χ0) is 18.1. The van der Waals surface area contributed by atoms with Crippen molar-refractivity contribution in [3.8, 4) is 0 Å². The first-order valence-electron chi connectivity index (χ1n) is 9.19. The van der Waals surface area contributed by atoms with Crippen molar-refractivity contribution in [3.63, 3.8) is 0 Å². The molecule has 1 saturated heterocycles. The lowest BCUT2D eigenvalue weighted by Gasteiger charge is -2.27. The highest BCUT2D eigenvalue weighted by atomic mass is 16.2. The molecule has 3 amide bonds. The molecule has 0 unspecified atom stereocenters. The van der Waals surface area contributed by atoms with Gasteiger partial charge in [0.1, 0.15) is 0 Å². The number of nitrogens with zero attached hydrogens (tertiary/aromatic N) is 1. The van der Waals surface area contributed by atoms with Gasteiger partial charge >= 0.3 is 6.03 Å². The van der Waals surface area contributed by atoms with Crippen LogP contribution in [-0.2, 0) is 6.42 Å². The summed E-state index contributed by atoms with van der Waals surface area (Å²) in [7, 11) is 0. The van der Waals surface area contributed by atoms with Crippen LogP contribution < -0.4 is 15.5 Å². The Balaban J connectivity index is 1.59. The number of urea groups is 1. The molecule has 0 saturated carbocycles. The number of aryl methyl sites for hydroxylation is 1. The Kier molecular flexibility index (Phi) is 4.37. The minimum Gasteiger partial charge on any atom is -0.345 e. The average Bonchev–Trinajstić information content (AvgIpc) is 3.08. The Morgan fingerprint density at radius 1 is 1.19 bits per heavy atom. The molecule has 0 bridgehead atoms. The average molecular weight is 349 g/mol. The molecular formula is C21H23N3O2. The minimum absolute atomic E-state index is 0.0468. The van der Waals surface area contributed by atoms with Gasteiger partial charge in [-0.15, -0.1) is 0 Å². The molecule has 0 radical (unpaired) electrons. The lowest BCUT2D eigenvalue weighted by atomic mass is 9.87. The molecule has 26 heavy (non-hydrogen) atoms. The van der Waals surface area contributed by atoms with Gasteiger partial charge in [0.25, 0.3) is 5.91 Å². The summed E-state index contributed by atoms with van der Waals surface area (Å²) in [5.41, 5.74) is 4.82. The maximum atomic E-state index is 13.0. The van der Waals surface area contributed by atoms with E-state index in [4.69, 9.17) is 0 Å². The summed E-state index contributed by atoms with van der Waals surface area (Å²) in [6, 6.07) is 13.8. The van der Waals surface area contributed by atoms with E-state index in [-0.39, 0.29) is 18.0 Å². The van der Waals surface area contributed by atoms with Crippen LogP contribution in [0.2, 0.25) is 0 Å². The maximum Gasteiger partial charge on any atom is 0.322 e. The van der Waals surface area contributed by atoms with Crippen molar-refractivity contribution in [2.45, 2.75) is 32.2 Å². The SMILES string of the molecule is Cc1c(C(=O)N[C@@H]2CCCc3ccccc32)cccc1N1CCNC1=O. The van der Waals surface area contributed by atoms with Crippen LogP contribution in [0.3, 0.4) is 0 Å². The Hall–Kier alpha value is -2.82. The number of hydrogen-bond acceptors (Lipinski definition) is 2. The molecule has 2 aromatic rings. The predicted octanol–water partition coefficient (Wildman–Crippen LogP) is 3.33. The molecule has 1 aliphatic carbocycles. The van der Waals surface area contributed by atoms with E-state index in [2.05, 4.69) is 28.8 Å². The standard InChI is InChI=1S/C21H23N3O2/c1-14-16(9-5-11-19(14)24-13-12-22-21(24)26)20(25)23-18-10-4-7-15-6-2-3-8-17(15)18/h2-3,5-6,8-9,11,18H,4,7,10,12-13H2,1H3,(H,22,26)(H,23,25)/t18-/m1/s1. The smallest absolute Gasteiger partial charge is 0.322 e. The van der Waals surface area contributed by atoms with Crippen LogP contribution in [0.5, 0.6) is 0 Å². The number of nitrogens with one attached hydrogen (secondary N) is 2. The third-order valence-corrected chi connectivity index (χ3v) is 5.37. The van der Waals surface area contributed by atoms with Crippen LogP contribution >= 0.6 is 0 Å². The molecule has 1 heterocycles. The summed E-state index contributed by atoms with van der Waals surface area (Å²) in [4.78, 5) is 26.6. The number of carbonyl (C=O) groups is 2. The number of amides is 3. The highest BCUT2D eigenvalue weighted by molar-refractivity contribution is 6.00. The van der Waals surface area contributed by atoms with Gasteiger partial charge in [-0.3, -0.25) is 9.69 Å². The highest BCUT2D eigenvalue weighted by Crippen LogP contribution is 2.30. The van der Waals surface area contributed by atoms with Crippen molar-refractivity contribution in [3.05, 3.63) is 64.7 Å². The number of rotatable bonds is 3. The molecule has 2 aliphatic rings. The molecule has 2 N–H and O–H groups in total. The third-order valence-electron chi connectivity index (χ3n) is 5.37. The van der Waals surface area contributed by atoms with Crippen molar-refractivity contribution >= 4 is 17.6 Å². The largest absolute Gasteiger partial charge is 0.345 e. The number of benzene rings is 2. The van der Waals surface area contributed by atoms with Crippen LogP contribution in [0.25, 0.3) is 0 Å². The first-order chi connectivity index (χ1) is 12.6. The number of hydrogen-bond donors (Lipinski definition) is 2. The quantitative estimate of drug-likeness (QED) is 0.893. The second kappa shape index (κ2) is 6.83. The Morgan fingerprint density at radius 3 is 2.85 bits per heavy atom. The summed E-state index contributed by atoms with van der Waals surface area (Å²) >= 11 is 0. The summed E-state index contributed by atoms with van der Waals surface area (Å²) in [6.07, 6.45) is 3.10. The summed E-state index contributed by atoms with van der Waals surface area (Å²) in [6.45, 7) is 3.17. The molecule has 4 rings (SSSR count). The number of fused-ring (bicyclic) bond motifs is 1. The van der Waals surface area contributed by atoms with Gasteiger partial charge in [0, 0.05) is 24.3 Å². The molecular weight excluding hydrogens is 326 g/mol.